The van der Waals surface area contributed by atoms with Gasteiger partial charge in [-0.2, -0.15) is 0 Å². The average molecular weight is 381 g/mol. The number of carbonyl (C=O) groups is 1. The van der Waals surface area contributed by atoms with Crippen LogP contribution in [0, 0.1) is 6.92 Å². The topological polar surface area (TPSA) is 99.8 Å². The fraction of sp³-hybridized carbons (Fsp3) is 0.273. The maximum absolute atomic E-state index is 12.4. The first-order chi connectivity index (χ1) is 13.3. The third-order valence-electron chi connectivity index (χ3n) is 5.06. The van der Waals surface area contributed by atoms with Crippen LogP contribution in [-0.2, 0) is 11.2 Å². The zero-order valence-electron chi connectivity index (χ0n) is 16.1. The SMILES string of the molecule is CCC(C)c1ccc(NC(=O)Cc2c(C)c3c(O)cc(O)cc3oc2=O)cc1. The summed E-state index contributed by atoms with van der Waals surface area (Å²) in [5, 5.41) is 22.7. The zero-order chi connectivity index (χ0) is 20.4. The van der Waals surface area contributed by atoms with Crippen molar-refractivity contribution in [3.8, 4) is 11.5 Å². The summed E-state index contributed by atoms with van der Waals surface area (Å²) in [6.45, 7) is 5.90. The molecule has 1 unspecified atom stereocenters. The zero-order valence-corrected chi connectivity index (χ0v) is 16.1. The minimum absolute atomic E-state index is 0.0739. The van der Waals surface area contributed by atoms with Crippen molar-refractivity contribution in [2.75, 3.05) is 5.32 Å². The number of anilines is 1. The molecular weight excluding hydrogens is 358 g/mol. The van der Waals surface area contributed by atoms with Gasteiger partial charge in [-0.05, 0) is 42.5 Å². The normalized spacial score (nSPS) is 12.1. The van der Waals surface area contributed by atoms with E-state index in [1.54, 1.807) is 6.92 Å². The number of aromatic hydroxyl groups is 2. The average Bonchev–Trinajstić information content (AvgIpc) is 2.64. The van der Waals surface area contributed by atoms with Gasteiger partial charge >= 0.3 is 5.63 Å². The molecule has 1 aromatic heterocycles. The lowest BCUT2D eigenvalue weighted by Gasteiger charge is -2.12. The highest BCUT2D eigenvalue weighted by molar-refractivity contribution is 5.94. The van der Waals surface area contributed by atoms with E-state index in [1.165, 1.54) is 11.6 Å². The molecule has 2 aromatic carbocycles. The molecule has 1 atom stereocenters. The molecule has 1 heterocycles. The van der Waals surface area contributed by atoms with Crippen molar-refractivity contribution in [3.63, 3.8) is 0 Å². The summed E-state index contributed by atoms with van der Waals surface area (Å²) in [6.07, 6.45) is 0.852. The Kier molecular flexibility index (Phi) is 5.40. The number of hydrogen-bond acceptors (Lipinski definition) is 5. The number of aryl methyl sites for hydroxylation is 1. The molecule has 0 aliphatic rings. The molecule has 6 nitrogen and oxygen atoms in total. The van der Waals surface area contributed by atoms with Crippen molar-refractivity contribution in [2.45, 2.75) is 39.5 Å². The summed E-state index contributed by atoms with van der Waals surface area (Å²) in [6, 6.07) is 10.0. The second kappa shape index (κ2) is 7.76. The van der Waals surface area contributed by atoms with Gasteiger partial charge in [0, 0.05) is 17.8 Å². The Morgan fingerprint density at radius 2 is 1.86 bits per heavy atom. The Morgan fingerprint density at radius 1 is 1.18 bits per heavy atom. The van der Waals surface area contributed by atoms with Crippen molar-refractivity contribution < 1.29 is 19.4 Å². The molecule has 0 aliphatic carbocycles. The van der Waals surface area contributed by atoms with Gasteiger partial charge in [0.2, 0.25) is 5.91 Å². The van der Waals surface area contributed by atoms with Gasteiger partial charge in [0.15, 0.2) is 0 Å². The molecule has 3 aromatic rings. The lowest BCUT2D eigenvalue weighted by molar-refractivity contribution is -0.115. The van der Waals surface area contributed by atoms with Gasteiger partial charge in [0.05, 0.1) is 17.4 Å². The largest absolute Gasteiger partial charge is 0.508 e. The monoisotopic (exact) mass is 381 g/mol. The summed E-state index contributed by atoms with van der Waals surface area (Å²) in [5.41, 5.74) is 1.87. The number of rotatable bonds is 5. The number of nitrogens with one attached hydrogen (secondary N) is 1. The molecule has 0 saturated carbocycles. The van der Waals surface area contributed by atoms with E-state index in [9.17, 15) is 19.8 Å². The molecule has 0 radical (unpaired) electrons. The minimum atomic E-state index is -0.669. The summed E-state index contributed by atoms with van der Waals surface area (Å²) in [4.78, 5) is 24.7. The van der Waals surface area contributed by atoms with Gasteiger partial charge in [-0.3, -0.25) is 4.79 Å². The summed E-state index contributed by atoms with van der Waals surface area (Å²) >= 11 is 0. The molecule has 0 aliphatic heterocycles. The van der Waals surface area contributed by atoms with E-state index in [1.807, 2.05) is 24.3 Å². The Morgan fingerprint density at radius 3 is 2.50 bits per heavy atom. The lowest BCUT2D eigenvalue weighted by atomic mass is 9.98. The van der Waals surface area contributed by atoms with E-state index in [-0.39, 0.29) is 35.0 Å². The van der Waals surface area contributed by atoms with Crippen LogP contribution in [0.3, 0.4) is 0 Å². The quantitative estimate of drug-likeness (QED) is 0.575. The summed E-state index contributed by atoms with van der Waals surface area (Å²) < 4.78 is 5.19. The number of benzene rings is 2. The number of phenolic OH excluding ortho intramolecular Hbond substituents is 2. The predicted molar refractivity (Wildman–Crippen MR) is 108 cm³/mol. The molecule has 0 fully saturated rings. The molecule has 0 bridgehead atoms. The van der Waals surface area contributed by atoms with Crippen LogP contribution in [0.2, 0.25) is 0 Å². The first kappa shape index (κ1) is 19.5. The number of fused-ring (bicyclic) bond motifs is 1. The maximum atomic E-state index is 12.4. The molecule has 0 spiro atoms. The molecule has 28 heavy (non-hydrogen) atoms. The van der Waals surface area contributed by atoms with E-state index in [0.29, 0.717) is 22.6 Å². The van der Waals surface area contributed by atoms with Gasteiger partial charge in [0.25, 0.3) is 0 Å². The van der Waals surface area contributed by atoms with Crippen LogP contribution in [-0.4, -0.2) is 16.1 Å². The Bertz CT molecular complexity index is 1080. The Labute approximate surface area is 162 Å². The van der Waals surface area contributed by atoms with Crippen molar-refractivity contribution in [1.29, 1.82) is 0 Å². The molecule has 0 saturated heterocycles. The van der Waals surface area contributed by atoms with Crippen molar-refractivity contribution in [1.82, 2.24) is 0 Å². The first-order valence-corrected chi connectivity index (χ1v) is 9.18. The Balaban J connectivity index is 1.84. The summed E-state index contributed by atoms with van der Waals surface area (Å²) in [7, 11) is 0. The fourth-order valence-electron chi connectivity index (χ4n) is 3.21. The second-order valence-corrected chi connectivity index (χ2v) is 6.99. The highest BCUT2D eigenvalue weighted by atomic mass is 16.4. The summed E-state index contributed by atoms with van der Waals surface area (Å²) in [5.74, 6) is -0.330. The minimum Gasteiger partial charge on any atom is -0.508 e. The van der Waals surface area contributed by atoms with E-state index in [0.717, 1.165) is 12.5 Å². The molecular formula is C22H23NO5. The van der Waals surface area contributed by atoms with Gasteiger partial charge in [-0.15, -0.1) is 0 Å². The lowest BCUT2D eigenvalue weighted by Crippen LogP contribution is -2.20. The molecule has 1 amide bonds. The van der Waals surface area contributed by atoms with Crippen molar-refractivity contribution in [3.05, 3.63) is 63.5 Å². The van der Waals surface area contributed by atoms with E-state index < -0.39 is 5.63 Å². The number of amides is 1. The highest BCUT2D eigenvalue weighted by Crippen LogP contribution is 2.32. The number of phenols is 2. The fourth-order valence-corrected chi connectivity index (χ4v) is 3.21. The van der Waals surface area contributed by atoms with Crippen LogP contribution in [0.25, 0.3) is 11.0 Å². The van der Waals surface area contributed by atoms with Gasteiger partial charge in [-0.25, -0.2) is 4.79 Å². The van der Waals surface area contributed by atoms with Crippen LogP contribution in [0.4, 0.5) is 5.69 Å². The van der Waals surface area contributed by atoms with Gasteiger partial charge < -0.3 is 19.9 Å². The maximum Gasteiger partial charge on any atom is 0.340 e. The molecule has 146 valence electrons. The third-order valence-corrected chi connectivity index (χ3v) is 5.06. The number of carbonyl (C=O) groups excluding carboxylic acids is 1. The van der Waals surface area contributed by atoms with Crippen LogP contribution < -0.4 is 10.9 Å². The van der Waals surface area contributed by atoms with Gasteiger partial charge in [0.1, 0.15) is 17.1 Å². The third kappa shape index (κ3) is 3.86. The molecule has 3 N–H and O–H groups in total. The van der Waals surface area contributed by atoms with E-state index in [4.69, 9.17) is 4.42 Å². The van der Waals surface area contributed by atoms with Crippen LogP contribution in [0.1, 0.15) is 42.9 Å². The van der Waals surface area contributed by atoms with E-state index in [2.05, 4.69) is 19.2 Å². The van der Waals surface area contributed by atoms with Crippen LogP contribution in [0.15, 0.2) is 45.6 Å². The van der Waals surface area contributed by atoms with Crippen molar-refractivity contribution in [2.24, 2.45) is 0 Å². The van der Waals surface area contributed by atoms with Gasteiger partial charge in [-0.1, -0.05) is 26.0 Å². The first-order valence-electron chi connectivity index (χ1n) is 9.18. The van der Waals surface area contributed by atoms with Crippen LogP contribution >= 0.6 is 0 Å². The van der Waals surface area contributed by atoms with Crippen LogP contribution in [0.5, 0.6) is 11.5 Å². The van der Waals surface area contributed by atoms with Crippen molar-refractivity contribution >= 4 is 22.6 Å². The standard InChI is InChI=1S/C22H23NO5/c1-4-12(2)14-5-7-15(8-6-14)23-20(26)11-17-13(3)21-18(25)9-16(24)10-19(21)28-22(17)27/h5-10,12,24-25H,4,11H2,1-3H3,(H,23,26). The molecule has 6 heteroatoms. The highest BCUT2D eigenvalue weighted by Gasteiger charge is 2.18. The Hall–Kier alpha value is -3.28. The van der Waals surface area contributed by atoms with E-state index >= 15 is 0 Å². The smallest absolute Gasteiger partial charge is 0.340 e. The molecule has 3 rings (SSSR count). The predicted octanol–water partition coefficient (Wildman–Crippen LogP) is 4.21. The number of hydrogen-bond donors (Lipinski definition) is 3. The second-order valence-electron chi connectivity index (χ2n) is 6.99.